The molecule has 0 aliphatic carbocycles. The molecule has 0 aliphatic rings. The van der Waals surface area contributed by atoms with E-state index in [1.807, 2.05) is 32.0 Å². The normalized spacial score (nSPS) is 12.0. The first-order chi connectivity index (χ1) is 12.4. The van der Waals surface area contributed by atoms with E-state index in [1.165, 1.54) is 36.0 Å². The smallest absolute Gasteiger partial charge is 0.237 e. The molecule has 1 atom stereocenters. The van der Waals surface area contributed by atoms with Crippen molar-refractivity contribution in [1.82, 2.24) is 20.2 Å². The molecule has 134 valence electrons. The van der Waals surface area contributed by atoms with Gasteiger partial charge in [0.15, 0.2) is 0 Å². The number of rotatable bonds is 5. The number of carbonyl (C=O) groups excluding carboxylic acids is 1. The standard InChI is InChI=1S/C18H18FN5OS/c1-11-4-5-12(2)16(10-11)24-18(21-22-23-24)26-13(3)17(25)20-15-8-6-14(19)7-9-15/h4-10,13H,1-3H3,(H,20,25)/t13-/m1/s1. The zero-order chi connectivity index (χ0) is 18.7. The highest BCUT2D eigenvalue weighted by Crippen LogP contribution is 2.25. The minimum absolute atomic E-state index is 0.211. The van der Waals surface area contributed by atoms with Crippen molar-refractivity contribution in [2.24, 2.45) is 0 Å². The molecule has 3 rings (SSSR count). The SMILES string of the molecule is Cc1ccc(C)c(-n2nnnc2S[C@H](C)C(=O)Nc2ccc(F)cc2)c1. The molecule has 0 saturated carbocycles. The van der Waals surface area contributed by atoms with Crippen LogP contribution in [0.5, 0.6) is 0 Å². The monoisotopic (exact) mass is 371 g/mol. The molecule has 1 N–H and O–H groups in total. The number of benzene rings is 2. The molecule has 26 heavy (non-hydrogen) atoms. The van der Waals surface area contributed by atoms with Crippen LogP contribution in [0.25, 0.3) is 5.69 Å². The van der Waals surface area contributed by atoms with Crippen LogP contribution in [0.2, 0.25) is 0 Å². The van der Waals surface area contributed by atoms with E-state index < -0.39 is 5.25 Å². The Morgan fingerprint density at radius 1 is 1.19 bits per heavy atom. The number of hydrogen-bond acceptors (Lipinski definition) is 5. The molecule has 0 fully saturated rings. The molecule has 0 radical (unpaired) electrons. The van der Waals surface area contributed by atoms with Crippen LogP contribution in [-0.2, 0) is 4.79 Å². The van der Waals surface area contributed by atoms with Gasteiger partial charge in [0.25, 0.3) is 0 Å². The molecule has 8 heteroatoms. The van der Waals surface area contributed by atoms with E-state index in [-0.39, 0.29) is 11.7 Å². The van der Waals surface area contributed by atoms with Crippen LogP contribution < -0.4 is 5.32 Å². The molecule has 1 heterocycles. The van der Waals surface area contributed by atoms with Gasteiger partial charge in [-0.05, 0) is 72.7 Å². The van der Waals surface area contributed by atoms with Crippen molar-refractivity contribution < 1.29 is 9.18 Å². The molecule has 1 aromatic heterocycles. The topological polar surface area (TPSA) is 72.7 Å². The summed E-state index contributed by atoms with van der Waals surface area (Å²) in [5.74, 6) is -0.560. The molecule has 0 saturated heterocycles. The van der Waals surface area contributed by atoms with Crippen molar-refractivity contribution >= 4 is 23.4 Å². The summed E-state index contributed by atoms with van der Waals surface area (Å²) in [5, 5.41) is 14.7. The van der Waals surface area contributed by atoms with Crippen LogP contribution in [0.3, 0.4) is 0 Å². The fourth-order valence-electron chi connectivity index (χ4n) is 2.34. The highest BCUT2D eigenvalue weighted by atomic mass is 32.2. The van der Waals surface area contributed by atoms with Crippen molar-refractivity contribution in [1.29, 1.82) is 0 Å². The lowest BCUT2D eigenvalue weighted by molar-refractivity contribution is -0.115. The van der Waals surface area contributed by atoms with Gasteiger partial charge in [0, 0.05) is 5.69 Å². The minimum atomic E-state index is -0.435. The molecule has 3 aromatic rings. The van der Waals surface area contributed by atoms with Crippen LogP contribution >= 0.6 is 11.8 Å². The average Bonchev–Trinajstić information content (AvgIpc) is 3.07. The number of aryl methyl sites for hydroxylation is 2. The Morgan fingerprint density at radius 3 is 2.65 bits per heavy atom. The lowest BCUT2D eigenvalue weighted by Crippen LogP contribution is -2.23. The number of thioether (sulfide) groups is 1. The lowest BCUT2D eigenvalue weighted by atomic mass is 10.1. The molecule has 0 aliphatic heterocycles. The Kier molecular flexibility index (Phi) is 5.32. The summed E-state index contributed by atoms with van der Waals surface area (Å²) in [7, 11) is 0. The van der Waals surface area contributed by atoms with Crippen molar-refractivity contribution in [3.8, 4) is 5.69 Å². The van der Waals surface area contributed by atoms with Gasteiger partial charge in [0.1, 0.15) is 5.82 Å². The lowest BCUT2D eigenvalue weighted by Gasteiger charge is -2.13. The zero-order valence-corrected chi connectivity index (χ0v) is 15.4. The van der Waals surface area contributed by atoms with Crippen molar-refractivity contribution in [3.05, 3.63) is 59.4 Å². The average molecular weight is 371 g/mol. The molecule has 1 amide bonds. The molecular formula is C18H18FN5OS. The Hall–Kier alpha value is -2.74. The molecule has 0 spiro atoms. The Bertz CT molecular complexity index is 926. The van der Waals surface area contributed by atoms with Gasteiger partial charge in [-0.15, -0.1) is 5.10 Å². The summed E-state index contributed by atoms with van der Waals surface area (Å²) in [6, 6.07) is 11.7. The second-order valence-corrected chi connectivity index (χ2v) is 7.23. The first-order valence-electron chi connectivity index (χ1n) is 8.03. The largest absolute Gasteiger partial charge is 0.325 e. The summed E-state index contributed by atoms with van der Waals surface area (Å²) >= 11 is 1.26. The molecule has 0 bridgehead atoms. The quantitative estimate of drug-likeness (QED) is 0.695. The maximum absolute atomic E-state index is 13.0. The molecule has 2 aromatic carbocycles. The van der Waals surface area contributed by atoms with Crippen molar-refractivity contribution in [3.63, 3.8) is 0 Å². The number of nitrogens with zero attached hydrogens (tertiary/aromatic N) is 4. The van der Waals surface area contributed by atoms with E-state index in [2.05, 4.69) is 20.8 Å². The van der Waals surface area contributed by atoms with Gasteiger partial charge in [-0.3, -0.25) is 4.79 Å². The van der Waals surface area contributed by atoms with Gasteiger partial charge in [-0.25, -0.2) is 4.39 Å². The predicted molar refractivity (Wildman–Crippen MR) is 99.0 cm³/mol. The van der Waals surface area contributed by atoms with Gasteiger partial charge < -0.3 is 5.32 Å². The number of anilines is 1. The van der Waals surface area contributed by atoms with Crippen molar-refractivity contribution in [2.45, 2.75) is 31.2 Å². The number of amides is 1. The number of nitrogens with one attached hydrogen (secondary N) is 1. The summed E-state index contributed by atoms with van der Waals surface area (Å²) in [4.78, 5) is 12.4. The highest BCUT2D eigenvalue weighted by Gasteiger charge is 2.20. The highest BCUT2D eigenvalue weighted by molar-refractivity contribution is 8.00. The Morgan fingerprint density at radius 2 is 1.92 bits per heavy atom. The van der Waals surface area contributed by atoms with E-state index in [4.69, 9.17) is 0 Å². The van der Waals surface area contributed by atoms with Crippen LogP contribution in [0.15, 0.2) is 47.6 Å². The van der Waals surface area contributed by atoms with Crippen molar-refractivity contribution in [2.75, 3.05) is 5.32 Å². The third-order valence-corrected chi connectivity index (χ3v) is 4.83. The van der Waals surface area contributed by atoms with E-state index >= 15 is 0 Å². The Labute approximate surface area is 154 Å². The second kappa shape index (κ2) is 7.65. The predicted octanol–water partition coefficient (Wildman–Crippen LogP) is 3.54. The molecule has 6 nitrogen and oxygen atoms in total. The van der Waals surface area contributed by atoms with Crippen LogP contribution in [0.4, 0.5) is 10.1 Å². The number of halogens is 1. The van der Waals surface area contributed by atoms with E-state index in [0.29, 0.717) is 10.8 Å². The molecule has 0 unspecified atom stereocenters. The fraction of sp³-hybridized carbons (Fsp3) is 0.222. The Balaban J connectivity index is 1.75. The van der Waals surface area contributed by atoms with Crippen LogP contribution in [0.1, 0.15) is 18.1 Å². The minimum Gasteiger partial charge on any atom is -0.325 e. The van der Waals surface area contributed by atoms with Gasteiger partial charge in [-0.2, -0.15) is 4.68 Å². The van der Waals surface area contributed by atoms with E-state index in [9.17, 15) is 9.18 Å². The van der Waals surface area contributed by atoms with Crippen LogP contribution in [0, 0.1) is 19.7 Å². The number of carbonyl (C=O) groups is 1. The summed E-state index contributed by atoms with van der Waals surface area (Å²) in [5.41, 5.74) is 3.55. The van der Waals surface area contributed by atoms with Gasteiger partial charge in [0.2, 0.25) is 11.1 Å². The summed E-state index contributed by atoms with van der Waals surface area (Å²) < 4.78 is 14.6. The number of tetrazole rings is 1. The third kappa shape index (κ3) is 4.08. The zero-order valence-electron chi connectivity index (χ0n) is 14.6. The molecular weight excluding hydrogens is 353 g/mol. The second-order valence-electron chi connectivity index (χ2n) is 5.92. The van der Waals surface area contributed by atoms with Crippen LogP contribution in [-0.4, -0.2) is 31.4 Å². The number of hydrogen-bond donors (Lipinski definition) is 1. The van der Waals surface area contributed by atoms with E-state index in [1.54, 1.807) is 11.6 Å². The van der Waals surface area contributed by atoms with E-state index in [0.717, 1.165) is 16.8 Å². The van der Waals surface area contributed by atoms with Gasteiger partial charge in [-0.1, -0.05) is 23.9 Å². The maximum Gasteiger partial charge on any atom is 0.237 e. The maximum atomic E-state index is 13.0. The fourth-order valence-corrected chi connectivity index (χ4v) is 3.14. The number of aromatic nitrogens is 4. The summed E-state index contributed by atoms with van der Waals surface area (Å²) in [6.45, 7) is 5.75. The first kappa shape index (κ1) is 18.1. The van der Waals surface area contributed by atoms with Gasteiger partial charge in [0.05, 0.1) is 10.9 Å². The summed E-state index contributed by atoms with van der Waals surface area (Å²) in [6.07, 6.45) is 0. The third-order valence-electron chi connectivity index (χ3n) is 3.80. The van der Waals surface area contributed by atoms with Gasteiger partial charge >= 0.3 is 0 Å². The first-order valence-corrected chi connectivity index (χ1v) is 8.91.